The average molecular weight is 309 g/mol. The first kappa shape index (κ1) is 14.6. The van der Waals surface area contributed by atoms with Gasteiger partial charge in [-0.3, -0.25) is 9.78 Å². The highest BCUT2D eigenvalue weighted by atomic mass is 35.5. The molecule has 0 aliphatic carbocycles. The summed E-state index contributed by atoms with van der Waals surface area (Å²) in [5, 5.41) is 3.63. The molecule has 104 valence electrons. The third kappa shape index (κ3) is 3.85. The largest absolute Gasteiger partial charge is 0.397 e. The van der Waals surface area contributed by atoms with Crippen LogP contribution in [0.1, 0.15) is 6.92 Å². The number of nitrogens with one attached hydrogen (secondary N) is 1. The molecule has 3 N–H and O–H groups in total. The molecule has 1 amide bonds. The summed E-state index contributed by atoms with van der Waals surface area (Å²) in [7, 11) is 0. The summed E-state index contributed by atoms with van der Waals surface area (Å²) in [4.78, 5) is 20.2. The van der Waals surface area contributed by atoms with Crippen molar-refractivity contribution in [3.8, 4) is 0 Å². The summed E-state index contributed by atoms with van der Waals surface area (Å²) < 4.78 is 0. The van der Waals surface area contributed by atoms with E-state index in [1.807, 2.05) is 0 Å². The topological polar surface area (TPSA) is 80.9 Å². The fraction of sp³-hybridized carbons (Fsp3) is 0.154. The monoisotopic (exact) mass is 308 g/mol. The van der Waals surface area contributed by atoms with Gasteiger partial charge in [0.2, 0.25) is 5.91 Å². The second-order valence-electron chi connectivity index (χ2n) is 4.02. The highest BCUT2D eigenvalue weighted by Gasteiger charge is 2.16. The lowest BCUT2D eigenvalue weighted by Crippen LogP contribution is -2.23. The molecule has 0 bridgehead atoms. The molecule has 20 heavy (non-hydrogen) atoms. The number of nitrogens with two attached hydrogens (primary N) is 1. The lowest BCUT2D eigenvalue weighted by atomic mass is 10.2. The molecule has 2 rings (SSSR count). The van der Waals surface area contributed by atoms with Crippen molar-refractivity contribution in [1.82, 2.24) is 9.97 Å². The molecule has 0 aliphatic heterocycles. The number of hydrogen-bond acceptors (Lipinski definition) is 5. The maximum atomic E-state index is 12.1. The normalized spacial score (nSPS) is 11.9. The van der Waals surface area contributed by atoms with Crippen LogP contribution in [0.5, 0.6) is 0 Å². The van der Waals surface area contributed by atoms with E-state index < -0.39 is 0 Å². The van der Waals surface area contributed by atoms with Crippen molar-refractivity contribution in [3.63, 3.8) is 0 Å². The van der Waals surface area contributed by atoms with Gasteiger partial charge < -0.3 is 11.1 Å². The Balaban J connectivity index is 2.02. The zero-order chi connectivity index (χ0) is 14.5. The fourth-order valence-corrected chi connectivity index (χ4v) is 2.40. The van der Waals surface area contributed by atoms with Crippen LogP contribution in [-0.4, -0.2) is 21.1 Å². The highest BCUT2D eigenvalue weighted by molar-refractivity contribution is 8.00. The second kappa shape index (κ2) is 6.58. The number of nitrogens with zero attached hydrogens (tertiary/aromatic N) is 2. The van der Waals surface area contributed by atoms with Crippen LogP contribution in [0, 0.1) is 0 Å². The number of anilines is 2. The summed E-state index contributed by atoms with van der Waals surface area (Å²) in [5.41, 5.74) is 6.77. The van der Waals surface area contributed by atoms with Gasteiger partial charge in [-0.15, -0.1) is 0 Å². The first-order chi connectivity index (χ1) is 9.56. The molecule has 0 radical (unpaired) electrons. The van der Waals surface area contributed by atoms with Gasteiger partial charge in [-0.1, -0.05) is 23.4 Å². The quantitative estimate of drug-likeness (QED) is 0.670. The molecular formula is C13H13ClN4OS. The number of nitrogen functional groups attached to an aromatic ring is 1. The van der Waals surface area contributed by atoms with Gasteiger partial charge >= 0.3 is 0 Å². The van der Waals surface area contributed by atoms with E-state index in [-0.39, 0.29) is 11.2 Å². The second-order valence-corrected chi connectivity index (χ2v) is 5.82. The molecule has 5 nitrogen and oxygen atoms in total. The predicted octanol–water partition coefficient (Wildman–Crippen LogP) is 2.83. The number of carbonyl (C=O) groups excluding carboxylic acids is 1. The van der Waals surface area contributed by atoms with E-state index in [1.54, 1.807) is 43.7 Å². The summed E-state index contributed by atoms with van der Waals surface area (Å²) in [6.45, 7) is 1.79. The molecular weight excluding hydrogens is 296 g/mol. The van der Waals surface area contributed by atoms with E-state index in [2.05, 4.69) is 15.3 Å². The molecule has 7 heteroatoms. The minimum absolute atomic E-state index is 0.172. The van der Waals surface area contributed by atoms with Gasteiger partial charge in [0, 0.05) is 17.4 Å². The molecule has 0 spiro atoms. The molecule has 1 heterocycles. The Kier molecular flexibility index (Phi) is 4.81. The molecule has 1 aromatic heterocycles. The lowest BCUT2D eigenvalue weighted by molar-refractivity contribution is -0.115. The molecule has 0 aliphatic rings. The smallest absolute Gasteiger partial charge is 0.237 e. The number of thioether (sulfide) groups is 1. The van der Waals surface area contributed by atoms with Crippen LogP contribution in [0.2, 0.25) is 5.02 Å². The van der Waals surface area contributed by atoms with Crippen LogP contribution >= 0.6 is 23.4 Å². The molecule has 1 aromatic carbocycles. The summed E-state index contributed by atoms with van der Waals surface area (Å²) in [5.74, 6) is -0.172. The number of carbonyl (C=O) groups is 1. The summed E-state index contributed by atoms with van der Waals surface area (Å²) in [6, 6.07) is 4.94. The van der Waals surface area contributed by atoms with Gasteiger partial charge in [0.15, 0.2) is 0 Å². The van der Waals surface area contributed by atoms with Gasteiger partial charge in [0.1, 0.15) is 5.03 Å². The molecule has 0 saturated carbocycles. The van der Waals surface area contributed by atoms with E-state index in [0.29, 0.717) is 21.4 Å². The Hall–Kier alpha value is -1.79. The third-order valence-corrected chi connectivity index (χ3v) is 3.73. The Bertz CT molecular complexity index is 609. The maximum absolute atomic E-state index is 12.1. The summed E-state index contributed by atoms with van der Waals surface area (Å²) >= 11 is 7.20. The van der Waals surface area contributed by atoms with Crippen molar-refractivity contribution < 1.29 is 4.79 Å². The Morgan fingerprint density at radius 1 is 1.45 bits per heavy atom. The van der Waals surface area contributed by atoms with Crippen molar-refractivity contribution in [2.24, 2.45) is 0 Å². The van der Waals surface area contributed by atoms with Gasteiger partial charge in [-0.2, -0.15) is 0 Å². The van der Waals surface area contributed by atoms with Crippen molar-refractivity contribution >= 4 is 40.6 Å². The molecule has 2 aromatic rings. The third-order valence-electron chi connectivity index (χ3n) is 2.48. The number of halogens is 1. The van der Waals surface area contributed by atoms with Crippen LogP contribution < -0.4 is 11.1 Å². The van der Waals surface area contributed by atoms with Crippen molar-refractivity contribution in [2.75, 3.05) is 11.1 Å². The van der Waals surface area contributed by atoms with Gasteiger partial charge in [-0.05, 0) is 25.1 Å². The first-order valence-electron chi connectivity index (χ1n) is 5.85. The molecule has 1 unspecified atom stereocenters. The predicted molar refractivity (Wildman–Crippen MR) is 81.8 cm³/mol. The maximum Gasteiger partial charge on any atom is 0.237 e. The van der Waals surface area contributed by atoms with Gasteiger partial charge in [-0.25, -0.2) is 4.98 Å². The van der Waals surface area contributed by atoms with Crippen LogP contribution in [0.15, 0.2) is 41.8 Å². The van der Waals surface area contributed by atoms with Crippen molar-refractivity contribution in [3.05, 3.63) is 41.8 Å². The van der Waals surface area contributed by atoms with Crippen LogP contribution in [0.3, 0.4) is 0 Å². The SMILES string of the molecule is CC(Sc1cnccn1)C(=O)Nc1cc(Cl)ccc1N. The number of aromatic nitrogens is 2. The first-order valence-corrected chi connectivity index (χ1v) is 7.10. The van der Waals surface area contributed by atoms with Crippen molar-refractivity contribution in [1.29, 1.82) is 0 Å². The van der Waals surface area contributed by atoms with Crippen LogP contribution in [-0.2, 0) is 4.79 Å². The lowest BCUT2D eigenvalue weighted by Gasteiger charge is -2.13. The molecule has 1 atom stereocenters. The van der Waals surface area contributed by atoms with E-state index >= 15 is 0 Å². The Morgan fingerprint density at radius 3 is 2.95 bits per heavy atom. The molecule has 0 fully saturated rings. The van der Waals surface area contributed by atoms with E-state index in [4.69, 9.17) is 17.3 Å². The van der Waals surface area contributed by atoms with E-state index in [0.717, 1.165) is 0 Å². The number of amides is 1. The standard InChI is InChI=1S/C13H13ClN4OS/c1-8(20-12-7-16-4-5-17-12)13(19)18-11-6-9(14)2-3-10(11)15/h2-8H,15H2,1H3,(H,18,19). The van der Waals surface area contributed by atoms with Crippen molar-refractivity contribution in [2.45, 2.75) is 17.2 Å². The minimum Gasteiger partial charge on any atom is -0.397 e. The van der Waals surface area contributed by atoms with E-state index in [1.165, 1.54) is 11.8 Å². The highest BCUT2D eigenvalue weighted by Crippen LogP contribution is 2.25. The minimum atomic E-state index is -0.329. The fourth-order valence-electron chi connectivity index (χ4n) is 1.45. The van der Waals surface area contributed by atoms with Crippen LogP contribution in [0.4, 0.5) is 11.4 Å². The molecule has 0 saturated heterocycles. The van der Waals surface area contributed by atoms with Crippen LogP contribution in [0.25, 0.3) is 0 Å². The Labute approximate surface area is 126 Å². The zero-order valence-electron chi connectivity index (χ0n) is 10.7. The zero-order valence-corrected chi connectivity index (χ0v) is 12.3. The van der Waals surface area contributed by atoms with Gasteiger partial charge in [0.25, 0.3) is 0 Å². The average Bonchev–Trinajstić information content (AvgIpc) is 2.44. The summed E-state index contributed by atoms with van der Waals surface area (Å²) in [6.07, 6.45) is 4.78. The number of benzene rings is 1. The van der Waals surface area contributed by atoms with Gasteiger partial charge in [0.05, 0.1) is 22.8 Å². The number of hydrogen-bond donors (Lipinski definition) is 2. The number of rotatable bonds is 4. The van der Waals surface area contributed by atoms with E-state index in [9.17, 15) is 4.79 Å². The Morgan fingerprint density at radius 2 is 2.25 bits per heavy atom.